The van der Waals surface area contributed by atoms with Crippen LogP contribution >= 0.6 is 0 Å². The van der Waals surface area contributed by atoms with Gasteiger partial charge in [0.05, 0.1) is 13.0 Å². The van der Waals surface area contributed by atoms with Crippen molar-refractivity contribution in [2.24, 2.45) is 5.84 Å². The van der Waals surface area contributed by atoms with E-state index >= 15 is 0 Å². The number of esters is 1. The highest BCUT2D eigenvalue weighted by Gasteiger charge is 2.11. The average Bonchev–Trinajstić information content (AvgIpc) is 2.32. The fraction of sp³-hybridized carbons (Fsp3) is 0.400. The molecular formula is C10H14F2N4O2. The second-order valence-corrected chi connectivity index (χ2v) is 3.28. The Labute approximate surface area is 102 Å². The number of ether oxygens (including phenoxy) is 1. The van der Waals surface area contributed by atoms with Crippen LogP contribution in [0.2, 0.25) is 0 Å². The van der Waals surface area contributed by atoms with Crippen molar-refractivity contribution in [2.45, 2.75) is 13.3 Å². The number of nitrogens with zero attached hydrogens (tertiary/aromatic N) is 1. The smallest absolute Gasteiger partial charge is 0.307 e. The molecule has 0 saturated carbocycles. The van der Waals surface area contributed by atoms with Crippen LogP contribution in [-0.4, -0.2) is 24.1 Å². The van der Waals surface area contributed by atoms with E-state index in [1.165, 1.54) is 0 Å². The van der Waals surface area contributed by atoms with Gasteiger partial charge in [-0.3, -0.25) is 4.79 Å². The minimum atomic E-state index is -0.897. The number of anilines is 2. The van der Waals surface area contributed by atoms with Gasteiger partial charge in [-0.2, -0.15) is 0 Å². The number of pyridine rings is 1. The summed E-state index contributed by atoms with van der Waals surface area (Å²) in [6, 6.07) is 0.648. The zero-order valence-corrected chi connectivity index (χ0v) is 9.80. The summed E-state index contributed by atoms with van der Waals surface area (Å²) in [6.07, 6.45) is 0.0533. The van der Waals surface area contributed by atoms with E-state index in [9.17, 15) is 13.6 Å². The van der Waals surface area contributed by atoms with Gasteiger partial charge in [0.15, 0.2) is 23.3 Å². The maximum atomic E-state index is 13.3. The van der Waals surface area contributed by atoms with E-state index in [0.717, 1.165) is 0 Å². The highest BCUT2D eigenvalue weighted by molar-refractivity contribution is 5.70. The van der Waals surface area contributed by atoms with Gasteiger partial charge in [0.2, 0.25) is 0 Å². The van der Waals surface area contributed by atoms with Crippen LogP contribution < -0.4 is 16.6 Å². The first-order valence-corrected chi connectivity index (χ1v) is 5.30. The molecule has 1 rings (SSSR count). The summed E-state index contributed by atoms with van der Waals surface area (Å²) in [5, 5.41) is 2.56. The molecule has 0 bridgehead atoms. The molecule has 1 heterocycles. The van der Waals surface area contributed by atoms with Crippen LogP contribution in [0.1, 0.15) is 13.3 Å². The Balaban J connectivity index is 2.59. The van der Waals surface area contributed by atoms with Gasteiger partial charge in [-0.15, -0.1) is 0 Å². The number of hydrogen-bond acceptors (Lipinski definition) is 6. The number of nitrogen functional groups attached to an aromatic ring is 1. The Kier molecular flexibility index (Phi) is 5.25. The summed E-state index contributed by atoms with van der Waals surface area (Å²) >= 11 is 0. The lowest BCUT2D eigenvalue weighted by Crippen LogP contribution is -2.15. The van der Waals surface area contributed by atoms with E-state index in [2.05, 4.69) is 15.0 Å². The molecule has 6 nitrogen and oxygen atoms in total. The number of aromatic nitrogens is 1. The van der Waals surface area contributed by atoms with Crippen molar-refractivity contribution in [3.05, 3.63) is 17.7 Å². The minimum absolute atomic E-state index is 0.0533. The van der Waals surface area contributed by atoms with Crippen molar-refractivity contribution < 1.29 is 18.3 Å². The van der Waals surface area contributed by atoms with Crippen molar-refractivity contribution in [1.82, 2.24) is 4.98 Å². The number of hydrogen-bond donors (Lipinski definition) is 3. The van der Waals surface area contributed by atoms with Crippen LogP contribution in [-0.2, 0) is 9.53 Å². The standard InChI is InChI=1S/C10H14F2N4O2/c1-2-18-8(17)3-4-14-9-6(11)5-7(12)10(15-9)16-13/h5H,2-4,13H2,1H3,(H2,14,15,16). The second-order valence-electron chi connectivity index (χ2n) is 3.28. The fourth-order valence-electron chi connectivity index (χ4n) is 1.21. The van der Waals surface area contributed by atoms with Gasteiger partial charge in [-0.05, 0) is 6.92 Å². The SMILES string of the molecule is CCOC(=O)CCNc1nc(NN)c(F)cc1F. The summed E-state index contributed by atoms with van der Waals surface area (Å²) in [6.45, 7) is 2.09. The van der Waals surface area contributed by atoms with Crippen molar-refractivity contribution >= 4 is 17.6 Å². The molecule has 8 heteroatoms. The van der Waals surface area contributed by atoms with Crippen LogP contribution in [0.5, 0.6) is 0 Å². The first-order chi connectivity index (χ1) is 8.58. The molecule has 4 N–H and O–H groups in total. The third-order valence-corrected chi connectivity index (χ3v) is 1.99. The van der Waals surface area contributed by atoms with E-state index in [1.807, 2.05) is 5.43 Å². The number of halogens is 2. The number of carbonyl (C=O) groups is 1. The monoisotopic (exact) mass is 260 g/mol. The molecule has 0 aliphatic heterocycles. The fourth-order valence-corrected chi connectivity index (χ4v) is 1.21. The van der Waals surface area contributed by atoms with E-state index in [-0.39, 0.29) is 31.2 Å². The first kappa shape index (κ1) is 14.1. The van der Waals surface area contributed by atoms with Gasteiger partial charge in [0, 0.05) is 12.6 Å². The van der Waals surface area contributed by atoms with E-state index in [1.54, 1.807) is 6.92 Å². The summed E-state index contributed by atoms with van der Waals surface area (Å²) in [5.41, 5.74) is 2.00. The average molecular weight is 260 g/mol. The number of nitrogens with one attached hydrogen (secondary N) is 2. The van der Waals surface area contributed by atoms with Crippen molar-refractivity contribution in [1.29, 1.82) is 0 Å². The predicted molar refractivity (Wildman–Crippen MR) is 61.7 cm³/mol. The lowest BCUT2D eigenvalue weighted by molar-refractivity contribution is -0.142. The van der Waals surface area contributed by atoms with Crippen LogP contribution in [0.3, 0.4) is 0 Å². The van der Waals surface area contributed by atoms with Gasteiger partial charge in [0.25, 0.3) is 0 Å². The molecule has 0 aliphatic carbocycles. The number of rotatable bonds is 6. The van der Waals surface area contributed by atoms with Crippen molar-refractivity contribution in [3.63, 3.8) is 0 Å². The maximum Gasteiger partial charge on any atom is 0.307 e. The molecular weight excluding hydrogens is 246 g/mol. The van der Waals surface area contributed by atoms with Gasteiger partial charge >= 0.3 is 5.97 Å². The van der Waals surface area contributed by atoms with Crippen molar-refractivity contribution in [3.8, 4) is 0 Å². The highest BCUT2D eigenvalue weighted by atomic mass is 19.1. The van der Waals surface area contributed by atoms with Gasteiger partial charge in [-0.25, -0.2) is 19.6 Å². The lowest BCUT2D eigenvalue weighted by atomic mass is 10.3. The molecule has 100 valence electrons. The predicted octanol–water partition coefficient (Wildman–Crippen LogP) is 1.01. The lowest BCUT2D eigenvalue weighted by Gasteiger charge is -2.08. The summed E-state index contributed by atoms with van der Waals surface area (Å²) < 4.78 is 31.0. The van der Waals surface area contributed by atoms with Crippen LogP contribution in [0.25, 0.3) is 0 Å². The Morgan fingerprint density at radius 3 is 2.72 bits per heavy atom. The molecule has 18 heavy (non-hydrogen) atoms. The molecule has 0 unspecified atom stereocenters. The molecule has 1 aromatic rings. The summed E-state index contributed by atoms with van der Waals surface area (Å²) in [7, 11) is 0. The molecule has 0 saturated heterocycles. The number of nitrogens with two attached hydrogens (primary N) is 1. The van der Waals surface area contributed by atoms with E-state index < -0.39 is 17.6 Å². The Morgan fingerprint density at radius 2 is 2.11 bits per heavy atom. The normalized spacial score (nSPS) is 10.0. The third kappa shape index (κ3) is 3.81. The molecule has 0 spiro atoms. The molecule has 1 aromatic heterocycles. The van der Waals surface area contributed by atoms with E-state index in [0.29, 0.717) is 6.07 Å². The molecule has 0 radical (unpaired) electrons. The Hall–Kier alpha value is -1.96. The van der Waals surface area contributed by atoms with Gasteiger partial charge in [0.1, 0.15) is 0 Å². The van der Waals surface area contributed by atoms with Gasteiger partial charge < -0.3 is 15.5 Å². The van der Waals surface area contributed by atoms with Crippen LogP contribution in [0.15, 0.2) is 6.07 Å². The van der Waals surface area contributed by atoms with Crippen molar-refractivity contribution in [2.75, 3.05) is 23.9 Å². The zero-order chi connectivity index (χ0) is 13.5. The Morgan fingerprint density at radius 1 is 1.44 bits per heavy atom. The largest absolute Gasteiger partial charge is 0.466 e. The second kappa shape index (κ2) is 6.70. The quantitative estimate of drug-likeness (QED) is 0.402. The molecule has 0 amide bonds. The Bertz CT molecular complexity index is 429. The molecule has 0 aromatic carbocycles. The topological polar surface area (TPSA) is 89.3 Å². The number of hydrazine groups is 1. The van der Waals surface area contributed by atoms with Gasteiger partial charge in [-0.1, -0.05) is 0 Å². The third-order valence-electron chi connectivity index (χ3n) is 1.99. The molecule has 0 aliphatic rings. The number of carbonyl (C=O) groups excluding carboxylic acids is 1. The van der Waals surface area contributed by atoms with Crippen LogP contribution in [0.4, 0.5) is 20.4 Å². The minimum Gasteiger partial charge on any atom is -0.466 e. The summed E-state index contributed by atoms with van der Waals surface area (Å²) in [5.74, 6) is 2.37. The highest BCUT2D eigenvalue weighted by Crippen LogP contribution is 2.17. The maximum absolute atomic E-state index is 13.3. The molecule has 0 fully saturated rings. The van der Waals surface area contributed by atoms with E-state index in [4.69, 9.17) is 5.84 Å². The first-order valence-electron chi connectivity index (χ1n) is 5.30. The molecule has 0 atom stereocenters. The summed E-state index contributed by atoms with van der Waals surface area (Å²) in [4.78, 5) is 14.6. The zero-order valence-electron chi connectivity index (χ0n) is 9.80. The van der Waals surface area contributed by atoms with Crippen LogP contribution in [0, 0.1) is 11.6 Å².